The number of rotatable bonds is 4. The van der Waals surface area contributed by atoms with Crippen LogP contribution in [0.15, 0.2) is 48.9 Å². The number of amides is 1. The maximum Gasteiger partial charge on any atom is 0.254 e. The van der Waals surface area contributed by atoms with E-state index in [2.05, 4.69) is 32.7 Å². The number of carbonyl (C=O) groups excluding carboxylic acids is 1. The summed E-state index contributed by atoms with van der Waals surface area (Å²) in [5.74, 6) is 1.14. The Kier molecular flexibility index (Phi) is 4.34. The molecule has 3 aromatic rings. The summed E-state index contributed by atoms with van der Waals surface area (Å²) in [6, 6.07) is 11.1. The van der Waals surface area contributed by atoms with Crippen molar-refractivity contribution in [2.24, 2.45) is 0 Å². The predicted octanol–water partition coefficient (Wildman–Crippen LogP) is 3.33. The molecule has 7 heteroatoms. The van der Waals surface area contributed by atoms with E-state index in [1.165, 1.54) is 24.0 Å². The quantitative estimate of drug-likeness (QED) is 0.632. The third kappa shape index (κ3) is 3.06. The van der Waals surface area contributed by atoms with Gasteiger partial charge < -0.3 is 15.5 Å². The molecule has 4 heterocycles. The molecule has 0 radical (unpaired) electrons. The maximum absolute atomic E-state index is 13.4. The fourth-order valence-corrected chi connectivity index (χ4v) is 6.30. The number of piperazine rings is 1. The van der Waals surface area contributed by atoms with Crippen LogP contribution in [-0.2, 0) is 5.41 Å². The number of nitrogens with zero attached hydrogens (tertiary/aromatic N) is 4. The largest absolute Gasteiger partial charge is 0.388 e. The summed E-state index contributed by atoms with van der Waals surface area (Å²) in [6.07, 6.45) is 10.1. The zero-order chi connectivity index (χ0) is 22.9. The van der Waals surface area contributed by atoms with E-state index in [0.29, 0.717) is 12.1 Å². The van der Waals surface area contributed by atoms with E-state index in [1.807, 2.05) is 37.6 Å². The second kappa shape index (κ2) is 7.34. The molecule has 2 saturated heterocycles. The second-order valence-corrected chi connectivity index (χ2v) is 10.3. The molecule has 1 aromatic carbocycles. The van der Waals surface area contributed by atoms with E-state index in [4.69, 9.17) is 9.97 Å². The molecule has 2 N–H and O–H groups in total. The summed E-state index contributed by atoms with van der Waals surface area (Å²) in [5.41, 5.74) is 6.46. The van der Waals surface area contributed by atoms with Crippen molar-refractivity contribution in [3.8, 4) is 11.3 Å². The van der Waals surface area contributed by atoms with Gasteiger partial charge in [0, 0.05) is 73.5 Å². The van der Waals surface area contributed by atoms with E-state index in [0.717, 1.165) is 54.3 Å². The fourth-order valence-electron chi connectivity index (χ4n) is 6.30. The summed E-state index contributed by atoms with van der Waals surface area (Å²) in [7, 11) is 1.90. The minimum atomic E-state index is 0.132. The Morgan fingerprint density at radius 3 is 2.71 bits per heavy atom. The number of anilines is 1. The van der Waals surface area contributed by atoms with Gasteiger partial charge in [-0.1, -0.05) is 6.07 Å². The van der Waals surface area contributed by atoms with Gasteiger partial charge in [0.15, 0.2) is 0 Å². The Bertz CT molecular complexity index is 1280. The van der Waals surface area contributed by atoms with Crippen molar-refractivity contribution in [1.82, 2.24) is 25.2 Å². The number of carbonyl (C=O) groups is 1. The van der Waals surface area contributed by atoms with Crippen molar-refractivity contribution in [3.05, 3.63) is 71.4 Å². The summed E-state index contributed by atoms with van der Waals surface area (Å²) in [6.45, 7) is 1.74. The van der Waals surface area contributed by atoms with Crippen molar-refractivity contribution in [3.63, 3.8) is 0 Å². The van der Waals surface area contributed by atoms with Gasteiger partial charge in [0.05, 0.1) is 5.69 Å². The molecule has 7 nitrogen and oxygen atoms in total. The highest BCUT2D eigenvalue weighted by molar-refractivity contribution is 5.95. The molecule has 2 aliphatic heterocycles. The third-order valence-corrected chi connectivity index (χ3v) is 8.34. The molecule has 3 fully saturated rings. The van der Waals surface area contributed by atoms with Crippen molar-refractivity contribution in [1.29, 1.82) is 0 Å². The lowest BCUT2D eigenvalue weighted by Gasteiger charge is -2.27. The van der Waals surface area contributed by atoms with Crippen LogP contribution in [0.1, 0.15) is 58.9 Å². The van der Waals surface area contributed by atoms with E-state index in [1.54, 1.807) is 6.20 Å². The molecule has 3 atom stereocenters. The van der Waals surface area contributed by atoms with Gasteiger partial charge in [-0.25, -0.2) is 9.97 Å². The van der Waals surface area contributed by atoms with Crippen molar-refractivity contribution in [2.45, 2.75) is 49.1 Å². The Balaban J connectivity index is 1.20. The van der Waals surface area contributed by atoms with E-state index < -0.39 is 0 Å². The minimum absolute atomic E-state index is 0.132. The molecule has 2 bridgehead atoms. The highest BCUT2D eigenvalue weighted by Crippen LogP contribution is 2.61. The smallest absolute Gasteiger partial charge is 0.254 e. The Labute approximate surface area is 199 Å². The van der Waals surface area contributed by atoms with Crippen molar-refractivity contribution >= 4 is 11.6 Å². The lowest BCUT2D eigenvalue weighted by molar-refractivity contribution is 0.0716. The molecule has 4 aliphatic rings. The Morgan fingerprint density at radius 2 is 2.00 bits per heavy atom. The number of hydrogen-bond donors (Lipinski definition) is 2. The van der Waals surface area contributed by atoms with Gasteiger partial charge in [-0.3, -0.25) is 9.78 Å². The predicted molar refractivity (Wildman–Crippen MR) is 130 cm³/mol. The van der Waals surface area contributed by atoms with Crippen LogP contribution >= 0.6 is 0 Å². The molecular formula is C27H28N6O. The monoisotopic (exact) mass is 452 g/mol. The number of pyridine rings is 1. The highest BCUT2D eigenvalue weighted by Gasteiger charge is 2.53. The average Bonchev–Trinajstić information content (AvgIpc) is 3.21. The van der Waals surface area contributed by atoms with Crippen molar-refractivity contribution in [2.75, 3.05) is 25.5 Å². The molecule has 1 unspecified atom stereocenters. The first-order valence-corrected chi connectivity index (χ1v) is 12.3. The number of benzene rings is 1. The van der Waals surface area contributed by atoms with Crippen LogP contribution in [0.25, 0.3) is 11.3 Å². The topological polar surface area (TPSA) is 83.0 Å². The minimum Gasteiger partial charge on any atom is -0.388 e. The molecule has 34 heavy (non-hydrogen) atoms. The second-order valence-electron chi connectivity index (χ2n) is 10.3. The lowest BCUT2D eigenvalue weighted by atomic mass is 9.97. The van der Waals surface area contributed by atoms with Crippen LogP contribution in [-0.4, -0.2) is 58.0 Å². The van der Waals surface area contributed by atoms with E-state index >= 15 is 0 Å². The number of fused-ring (bicyclic) bond motifs is 4. The highest BCUT2D eigenvalue weighted by atomic mass is 16.2. The normalized spacial score (nSPS) is 25.6. The number of hydrogen-bond acceptors (Lipinski definition) is 6. The summed E-state index contributed by atoms with van der Waals surface area (Å²) in [5, 5.41) is 6.63. The maximum atomic E-state index is 13.4. The summed E-state index contributed by atoms with van der Waals surface area (Å²) in [4.78, 5) is 29.5. The molecule has 1 saturated carbocycles. The van der Waals surface area contributed by atoms with E-state index in [-0.39, 0.29) is 17.2 Å². The van der Waals surface area contributed by atoms with Crippen LogP contribution in [0.4, 0.5) is 5.69 Å². The van der Waals surface area contributed by atoms with Crippen LogP contribution < -0.4 is 10.6 Å². The third-order valence-electron chi connectivity index (χ3n) is 8.34. The Morgan fingerprint density at radius 1 is 1.15 bits per heavy atom. The van der Waals surface area contributed by atoms with Crippen LogP contribution in [0, 0.1) is 0 Å². The van der Waals surface area contributed by atoms with Gasteiger partial charge in [-0.2, -0.15) is 0 Å². The van der Waals surface area contributed by atoms with Gasteiger partial charge in [-0.15, -0.1) is 0 Å². The van der Waals surface area contributed by atoms with Crippen LogP contribution in [0.2, 0.25) is 0 Å². The van der Waals surface area contributed by atoms with E-state index in [9.17, 15) is 4.79 Å². The molecular weight excluding hydrogens is 424 g/mol. The number of likely N-dealkylation sites (tertiary alicyclic amines) is 1. The SMILES string of the molecule is CNc1ccnc(-c2cnc(C3CC4(CC4)c4ccc(C(=O)N5C[C@@H]6C[C@H]5CN6)cc43)nc2)c1. The zero-order valence-electron chi connectivity index (χ0n) is 19.3. The molecule has 172 valence electrons. The molecule has 1 spiro atoms. The van der Waals surface area contributed by atoms with Gasteiger partial charge in [0.2, 0.25) is 0 Å². The molecule has 7 rings (SSSR count). The average molecular weight is 453 g/mol. The van der Waals surface area contributed by atoms with Crippen LogP contribution in [0.3, 0.4) is 0 Å². The first-order valence-electron chi connectivity index (χ1n) is 12.3. The van der Waals surface area contributed by atoms with Gasteiger partial charge in [0.25, 0.3) is 5.91 Å². The summed E-state index contributed by atoms with van der Waals surface area (Å²) >= 11 is 0. The summed E-state index contributed by atoms with van der Waals surface area (Å²) < 4.78 is 0. The molecule has 2 aromatic heterocycles. The zero-order valence-corrected chi connectivity index (χ0v) is 19.3. The standard InChI is InChI=1S/C27H28N6O/c1-28-18-4-7-29-24(10-18)17-12-31-25(32-13-17)22-11-27(5-6-27)23-3-2-16(8-21(22)23)26(34)33-15-19-9-20(33)14-30-19/h2-4,7-8,10,12-13,19-20,22,30H,5-6,9,11,14-15H2,1H3,(H,28,29)/t19-,20-,22?/m0/s1. The number of aromatic nitrogens is 3. The Hall–Kier alpha value is -3.32. The van der Waals surface area contributed by atoms with Gasteiger partial charge in [0.1, 0.15) is 5.82 Å². The van der Waals surface area contributed by atoms with Crippen molar-refractivity contribution < 1.29 is 4.79 Å². The molecule has 2 aliphatic carbocycles. The fraction of sp³-hybridized carbons (Fsp3) is 0.407. The first-order chi connectivity index (χ1) is 16.6. The number of nitrogens with one attached hydrogen (secondary N) is 2. The van der Waals surface area contributed by atoms with Gasteiger partial charge in [-0.05, 0) is 66.5 Å². The molecule has 1 amide bonds. The first kappa shape index (κ1) is 20.1. The lowest BCUT2D eigenvalue weighted by Crippen LogP contribution is -2.46. The van der Waals surface area contributed by atoms with Crippen LogP contribution in [0.5, 0.6) is 0 Å². The van der Waals surface area contributed by atoms with Gasteiger partial charge >= 0.3 is 0 Å².